The van der Waals surface area contributed by atoms with Gasteiger partial charge in [-0.3, -0.25) is 48.2 Å². The van der Waals surface area contributed by atoms with Crippen molar-refractivity contribution >= 4 is 76.3 Å². The molecule has 336 valence electrons. The summed E-state index contributed by atoms with van der Waals surface area (Å²) in [5, 5.41) is 12.9. The zero-order valence-corrected chi connectivity index (χ0v) is 35.0. The molecule has 3 aromatic heterocycles. The number of anilines is 1. The Morgan fingerprint density at radius 2 is 1.27 bits per heavy atom. The van der Waals surface area contributed by atoms with Gasteiger partial charge in [-0.2, -0.15) is 9.97 Å². The van der Waals surface area contributed by atoms with Crippen molar-refractivity contribution in [2.24, 2.45) is 0 Å². The second kappa shape index (κ2) is 20.0. The van der Waals surface area contributed by atoms with Crippen molar-refractivity contribution in [2.75, 3.05) is 12.4 Å². The summed E-state index contributed by atoms with van der Waals surface area (Å²) in [7, 11) is 1.26. The van der Waals surface area contributed by atoms with Gasteiger partial charge in [0.15, 0.2) is 66.0 Å². The number of methoxy groups -OCH3 is 1. The average molecular weight is 896 g/mol. The van der Waals surface area contributed by atoms with E-state index in [9.17, 15) is 38.4 Å². The van der Waals surface area contributed by atoms with Gasteiger partial charge in [0.1, 0.15) is 23.6 Å². The third-order valence-electron chi connectivity index (χ3n) is 8.75. The van der Waals surface area contributed by atoms with Crippen LogP contribution in [0.1, 0.15) is 60.4 Å². The predicted octanol–water partition coefficient (Wildman–Crippen LogP) is -0.795. The van der Waals surface area contributed by atoms with Gasteiger partial charge in [0.05, 0.1) is 19.3 Å². The Morgan fingerprint density at radius 1 is 0.726 bits per heavy atom. The summed E-state index contributed by atoms with van der Waals surface area (Å²) in [5.74, 6) is -6.65. The summed E-state index contributed by atoms with van der Waals surface area (Å²) in [6, 6.07) is 0. The van der Waals surface area contributed by atoms with E-state index in [2.05, 4.69) is 35.9 Å². The van der Waals surface area contributed by atoms with E-state index in [1.54, 1.807) is 0 Å². The minimum absolute atomic E-state index is 0.0120. The number of carbonyl (C=O) groups excluding carboxylic acids is 8. The number of fused-ring (bicyclic) bond motifs is 1. The Morgan fingerprint density at radius 3 is 1.85 bits per heavy atom. The number of imidazole rings is 1. The first-order valence-electron chi connectivity index (χ1n) is 18.5. The summed E-state index contributed by atoms with van der Waals surface area (Å²) in [6.07, 6.45) is -12.2. The van der Waals surface area contributed by atoms with Gasteiger partial charge in [0.2, 0.25) is 11.9 Å². The number of halogens is 1. The highest BCUT2D eigenvalue weighted by Crippen LogP contribution is 2.37. The summed E-state index contributed by atoms with van der Waals surface area (Å²) < 4.78 is 52.9. The molecule has 3 aromatic rings. The number of esters is 6. The van der Waals surface area contributed by atoms with Gasteiger partial charge in [-0.1, -0.05) is 16.8 Å². The monoisotopic (exact) mass is 895 g/mol. The zero-order chi connectivity index (χ0) is 45.6. The lowest BCUT2D eigenvalue weighted by Crippen LogP contribution is -2.62. The van der Waals surface area contributed by atoms with Crippen molar-refractivity contribution in [1.29, 1.82) is 0 Å². The molecule has 6 unspecified atom stereocenters. The molecule has 2 N–H and O–H groups in total. The van der Waals surface area contributed by atoms with E-state index in [0.29, 0.717) is 0 Å². The third-order valence-corrected chi connectivity index (χ3v) is 9.02. The molecule has 5 heterocycles. The van der Waals surface area contributed by atoms with Crippen molar-refractivity contribution < 1.29 is 81.0 Å². The van der Waals surface area contributed by atoms with Crippen LogP contribution < -0.4 is 10.6 Å². The number of nitrogens with zero attached hydrogens (tertiary/aromatic N) is 7. The van der Waals surface area contributed by atoms with Crippen LogP contribution in [0, 0.1) is 0 Å². The Kier molecular flexibility index (Phi) is 15.1. The smallest absolute Gasteiger partial charge is 0.303 e. The quantitative estimate of drug-likeness (QED) is 0.114. The van der Waals surface area contributed by atoms with Gasteiger partial charge >= 0.3 is 35.8 Å². The van der Waals surface area contributed by atoms with Crippen LogP contribution in [0.5, 0.6) is 0 Å². The fraction of sp³-hybridized carbons (Fsp3) is 0.571. The molecule has 0 spiro atoms. The number of ether oxygens (including phenoxy) is 9. The van der Waals surface area contributed by atoms with Crippen LogP contribution in [0.15, 0.2) is 12.5 Å². The van der Waals surface area contributed by atoms with E-state index in [0.717, 1.165) is 47.9 Å². The molecule has 62 heavy (non-hydrogen) atoms. The molecule has 2 aliphatic rings. The summed E-state index contributed by atoms with van der Waals surface area (Å²) >= 11 is 6.51. The van der Waals surface area contributed by atoms with E-state index in [1.807, 2.05) is 0 Å². The van der Waals surface area contributed by atoms with Crippen molar-refractivity contribution in [1.82, 2.24) is 39.8 Å². The number of hydrogen-bond acceptors (Lipinski definition) is 22. The maximum atomic E-state index is 14.1. The predicted molar refractivity (Wildman–Crippen MR) is 199 cm³/mol. The molecule has 5 rings (SSSR count). The lowest BCUT2D eigenvalue weighted by Gasteiger charge is -2.44. The van der Waals surface area contributed by atoms with E-state index in [4.69, 9.17) is 54.2 Å². The van der Waals surface area contributed by atoms with Crippen molar-refractivity contribution in [3.8, 4) is 0 Å². The number of aromatic nitrogens is 7. The van der Waals surface area contributed by atoms with Crippen LogP contribution in [0.4, 0.5) is 5.95 Å². The van der Waals surface area contributed by atoms with Gasteiger partial charge in [-0.15, -0.1) is 5.10 Å². The second-order valence-electron chi connectivity index (χ2n) is 13.7. The van der Waals surface area contributed by atoms with Crippen LogP contribution >= 0.6 is 11.6 Å². The van der Waals surface area contributed by atoms with Crippen LogP contribution in [0.2, 0.25) is 5.15 Å². The molecule has 2 saturated heterocycles. The fourth-order valence-electron chi connectivity index (χ4n) is 6.70. The molecule has 10 atom stereocenters. The first kappa shape index (κ1) is 46.7. The Balaban J connectivity index is 1.43. The van der Waals surface area contributed by atoms with Crippen LogP contribution in [-0.2, 0) is 94.1 Å². The van der Waals surface area contributed by atoms with Gasteiger partial charge in [-0.05, 0) is 0 Å². The first-order chi connectivity index (χ1) is 29.3. The van der Waals surface area contributed by atoms with E-state index >= 15 is 0 Å². The normalized spacial score (nSPS) is 25.8. The zero-order valence-electron chi connectivity index (χ0n) is 34.3. The average Bonchev–Trinajstić information content (AvgIpc) is 3.80. The van der Waals surface area contributed by atoms with Crippen molar-refractivity contribution in [2.45, 2.75) is 123 Å². The lowest BCUT2D eigenvalue weighted by atomic mass is 9.96. The number of rotatable bonds is 14. The van der Waals surface area contributed by atoms with E-state index in [1.165, 1.54) is 29.5 Å². The van der Waals surface area contributed by atoms with Gasteiger partial charge in [-0.25, -0.2) is 9.67 Å². The molecule has 2 aliphatic heterocycles. The Labute approximate surface area is 355 Å². The number of carbonyl (C=O) groups is 8. The van der Waals surface area contributed by atoms with Gasteiger partial charge in [0, 0.05) is 55.6 Å². The Hall–Kier alpha value is -6.38. The van der Waals surface area contributed by atoms with Crippen molar-refractivity contribution in [3.63, 3.8) is 0 Å². The molecule has 2 amide bonds. The van der Waals surface area contributed by atoms with E-state index < -0.39 is 109 Å². The van der Waals surface area contributed by atoms with Gasteiger partial charge in [0.25, 0.3) is 5.91 Å². The van der Waals surface area contributed by atoms with Crippen LogP contribution in [0.3, 0.4) is 0 Å². The second-order valence-corrected chi connectivity index (χ2v) is 14.0. The maximum Gasteiger partial charge on any atom is 0.303 e. The molecular weight excluding hydrogens is 854 g/mol. The molecule has 27 heteroatoms. The molecule has 0 saturated carbocycles. The number of amides is 2. The van der Waals surface area contributed by atoms with E-state index in [-0.39, 0.29) is 41.0 Å². The maximum absolute atomic E-state index is 14.1. The number of hydrogen-bond donors (Lipinski definition) is 2. The van der Waals surface area contributed by atoms with Crippen LogP contribution in [0.25, 0.3) is 11.2 Å². The molecule has 0 aliphatic carbocycles. The first-order valence-corrected chi connectivity index (χ1v) is 18.8. The van der Waals surface area contributed by atoms with Gasteiger partial charge < -0.3 is 47.9 Å². The highest BCUT2D eigenvalue weighted by atomic mass is 35.5. The molecule has 0 aromatic carbocycles. The fourth-order valence-corrected chi connectivity index (χ4v) is 6.96. The summed E-state index contributed by atoms with van der Waals surface area (Å²) in [4.78, 5) is 112. The highest BCUT2D eigenvalue weighted by Gasteiger charge is 2.56. The summed E-state index contributed by atoms with van der Waals surface area (Å²) in [6.45, 7) is 7.14. The highest BCUT2D eigenvalue weighted by molar-refractivity contribution is 6.33. The molecule has 0 radical (unpaired) electrons. The van der Waals surface area contributed by atoms with Crippen LogP contribution in [-0.4, -0.2) is 144 Å². The number of nitrogens with one attached hydrogen (secondary N) is 2. The largest absolute Gasteiger partial charge is 0.456 e. The minimum Gasteiger partial charge on any atom is -0.456 e. The SMILES string of the molecule is CO[C@H]1OC(Cn2cc(CNC(=O)C3O[C@@H](n4cnc5nc(NC(C)=O)nc(Cl)c54)C(OC(C)=O)C(OC(C)=O)[C@@H]3OC(C)=O)nn2)[C@@H](OC(C)=O)C(OC(C)=O)C1OC(C)=O. The van der Waals surface area contributed by atoms with Crippen molar-refractivity contribution in [3.05, 3.63) is 23.4 Å². The molecule has 2 fully saturated rings. The Bertz CT molecular complexity index is 2220. The molecule has 26 nitrogen and oxygen atoms in total. The molecular formula is C35H42ClN9O17. The standard InChI is InChI=1S/C35H42ClN9O17/c1-13(46)39-35-40-30(36)22-31(41-35)38-12-45(22)33-28(59-18(6)51)26(58-17(5)50)25(57-16(4)49)27(62-33)32(53)37-9-20-10-44(43-42-20)11-21-23(55-14(2)47)24(56-15(3)48)29(60-19(7)52)34(54-8)61-21/h10,12,21,23-29,33-34H,9,11H2,1-8H3,(H,37,53)(H,39,40,41,46)/t21?,23-,24?,25+,26?,27?,28?,29?,33-,34+/m1/s1. The molecule has 0 bridgehead atoms. The summed E-state index contributed by atoms with van der Waals surface area (Å²) in [5.41, 5.74) is 0.0684. The lowest BCUT2D eigenvalue weighted by molar-refractivity contribution is -0.300. The topological polar surface area (TPSA) is 318 Å². The third kappa shape index (κ3) is 11.3. The minimum atomic E-state index is -1.79.